The van der Waals surface area contributed by atoms with Gasteiger partial charge in [-0.05, 0) is 47.5 Å². The Morgan fingerprint density at radius 2 is 1.71 bits per heavy atom. The van der Waals surface area contributed by atoms with Gasteiger partial charge in [0.1, 0.15) is 5.82 Å². The molecule has 0 amide bonds. The molecular formula is C19H19BrN4. The standard InChI is InChI=1S/C19H19BrN4/c1-13-7-9-15(10-8-13)12-21-19-22-14(2)11-18(24-19)23-17-6-4-3-5-16(17)20/h3-11H,12H2,1-2H3,(H2,21,22,23,24). The van der Waals surface area contributed by atoms with Crippen molar-refractivity contribution in [2.45, 2.75) is 20.4 Å². The van der Waals surface area contributed by atoms with E-state index in [-0.39, 0.29) is 0 Å². The second-order valence-corrected chi connectivity index (χ2v) is 6.52. The minimum Gasteiger partial charge on any atom is -0.350 e. The Labute approximate surface area is 150 Å². The third-order valence-corrected chi connectivity index (χ3v) is 4.25. The Morgan fingerprint density at radius 1 is 0.958 bits per heavy atom. The summed E-state index contributed by atoms with van der Waals surface area (Å²) in [5.74, 6) is 1.38. The lowest BCUT2D eigenvalue weighted by atomic mass is 10.1. The van der Waals surface area contributed by atoms with E-state index < -0.39 is 0 Å². The number of para-hydroxylation sites is 1. The molecule has 4 nitrogen and oxygen atoms in total. The van der Waals surface area contributed by atoms with Crippen LogP contribution in [-0.2, 0) is 6.54 Å². The molecule has 2 N–H and O–H groups in total. The van der Waals surface area contributed by atoms with E-state index in [1.54, 1.807) is 0 Å². The molecule has 0 radical (unpaired) electrons. The molecule has 0 saturated heterocycles. The van der Waals surface area contributed by atoms with Crippen LogP contribution in [0.25, 0.3) is 0 Å². The van der Waals surface area contributed by atoms with Gasteiger partial charge in [0.15, 0.2) is 0 Å². The molecule has 0 bridgehead atoms. The molecule has 24 heavy (non-hydrogen) atoms. The van der Waals surface area contributed by atoms with Crippen molar-refractivity contribution in [3.05, 3.63) is 75.9 Å². The van der Waals surface area contributed by atoms with Crippen molar-refractivity contribution in [1.29, 1.82) is 0 Å². The summed E-state index contributed by atoms with van der Waals surface area (Å²) in [4.78, 5) is 9.01. The molecule has 0 fully saturated rings. The second kappa shape index (κ2) is 7.45. The van der Waals surface area contributed by atoms with Crippen molar-refractivity contribution in [3.8, 4) is 0 Å². The first-order valence-electron chi connectivity index (χ1n) is 7.77. The second-order valence-electron chi connectivity index (χ2n) is 5.66. The number of benzene rings is 2. The van der Waals surface area contributed by atoms with Gasteiger partial charge < -0.3 is 10.6 Å². The van der Waals surface area contributed by atoms with Crippen LogP contribution in [0, 0.1) is 13.8 Å². The van der Waals surface area contributed by atoms with Crippen LogP contribution >= 0.6 is 15.9 Å². The first-order chi connectivity index (χ1) is 11.6. The highest BCUT2D eigenvalue weighted by atomic mass is 79.9. The van der Waals surface area contributed by atoms with E-state index in [0.717, 1.165) is 21.7 Å². The largest absolute Gasteiger partial charge is 0.350 e. The van der Waals surface area contributed by atoms with Gasteiger partial charge in [0.2, 0.25) is 5.95 Å². The number of aromatic nitrogens is 2. The quantitative estimate of drug-likeness (QED) is 0.635. The maximum Gasteiger partial charge on any atom is 0.225 e. The molecular weight excluding hydrogens is 364 g/mol. The number of hydrogen-bond acceptors (Lipinski definition) is 4. The Bertz CT molecular complexity index is 831. The van der Waals surface area contributed by atoms with Crippen LogP contribution in [0.5, 0.6) is 0 Å². The maximum atomic E-state index is 4.55. The van der Waals surface area contributed by atoms with E-state index in [4.69, 9.17) is 0 Å². The lowest BCUT2D eigenvalue weighted by molar-refractivity contribution is 1.03. The van der Waals surface area contributed by atoms with Gasteiger partial charge in [-0.25, -0.2) is 4.98 Å². The highest BCUT2D eigenvalue weighted by Gasteiger charge is 2.05. The number of nitrogens with one attached hydrogen (secondary N) is 2. The lowest BCUT2D eigenvalue weighted by Crippen LogP contribution is -2.06. The number of hydrogen-bond donors (Lipinski definition) is 2. The minimum atomic E-state index is 0.616. The summed E-state index contributed by atoms with van der Waals surface area (Å²) in [5.41, 5.74) is 4.34. The monoisotopic (exact) mass is 382 g/mol. The lowest BCUT2D eigenvalue weighted by Gasteiger charge is -2.11. The molecule has 0 unspecified atom stereocenters. The van der Waals surface area contributed by atoms with Gasteiger partial charge in [-0.15, -0.1) is 0 Å². The van der Waals surface area contributed by atoms with E-state index >= 15 is 0 Å². The first-order valence-corrected chi connectivity index (χ1v) is 8.56. The fourth-order valence-electron chi connectivity index (χ4n) is 2.30. The Balaban J connectivity index is 1.74. The average Bonchev–Trinajstić information content (AvgIpc) is 2.56. The van der Waals surface area contributed by atoms with E-state index in [1.165, 1.54) is 11.1 Å². The van der Waals surface area contributed by atoms with Crippen molar-refractivity contribution < 1.29 is 0 Å². The van der Waals surface area contributed by atoms with Gasteiger partial charge in [-0.3, -0.25) is 0 Å². The predicted octanol–water partition coefficient (Wildman–Crippen LogP) is 5.21. The molecule has 1 heterocycles. The normalized spacial score (nSPS) is 10.5. The molecule has 0 atom stereocenters. The van der Waals surface area contributed by atoms with Crippen LogP contribution in [0.2, 0.25) is 0 Å². The molecule has 5 heteroatoms. The van der Waals surface area contributed by atoms with Crippen molar-refractivity contribution in [2.75, 3.05) is 10.6 Å². The fraction of sp³-hybridized carbons (Fsp3) is 0.158. The smallest absolute Gasteiger partial charge is 0.225 e. The van der Waals surface area contributed by atoms with E-state index in [2.05, 4.69) is 67.7 Å². The van der Waals surface area contributed by atoms with Gasteiger partial charge in [0.25, 0.3) is 0 Å². The summed E-state index contributed by atoms with van der Waals surface area (Å²) in [6.45, 7) is 4.74. The molecule has 0 aliphatic rings. The highest BCUT2D eigenvalue weighted by molar-refractivity contribution is 9.10. The summed E-state index contributed by atoms with van der Waals surface area (Å²) in [5, 5.41) is 6.61. The van der Waals surface area contributed by atoms with Crippen LogP contribution in [0.4, 0.5) is 17.5 Å². The number of aryl methyl sites for hydroxylation is 2. The van der Waals surface area contributed by atoms with Crippen LogP contribution < -0.4 is 10.6 Å². The highest BCUT2D eigenvalue weighted by Crippen LogP contribution is 2.25. The zero-order chi connectivity index (χ0) is 16.9. The number of halogens is 1. The number of anilines is 3. The predicted molar refractivity (Wildman–Crippen MR) is 103 cm³/mol. The summed E-state index contributed by atoms with van der Waals surface area (Å²) >= 11 is 3.54. The zero-order valence-corrected chi connectivity index (χ0v) is 15.3. The van der Waals surface area contributed by atoms with Gasteiger partial charge in [-0.1, -0.05) is 42.0 Å². The SMILES string of the molecule is Cc1ccc(CNc2nc(C)cc(Nc3ccccc3Br)n2)cc1. The molecule has 0 spiro atoms. The summed E-state index contributed by atoms with van der Waals surface area (Å²) in [7, 11) is 0. The van der Waals surface area contributed by atoms with E-state index in [0.29, 0.717) is 12.5 Å². The topological polar surface area (TPSA) is 49.8 Å². The molecule has 2 aromatic carbocycles. The number of rotatable bonds is 5. The molecule has 0 aliphatic carbocycles. The summed E-state index contributed by atoms with van der Waals surface area (Å²) < 4.78 is 0.996. The molecule has 122 valence electrons. The first kappa shape index (κ1) is 16.5. The van der Waals surface area contributed by atoms with Gasteiger partial charge in [-0.2, -0.15) is 4.98 Å². The van der Waals surface area contributed by atoms with Gasteiger partial charge in [0, 0.05) is 22.8 Å². The summed E-state index contributed by atoms with van der Waals surface area (Å²) in [6, 6.07) is 18.3. The maximum absolute atomic E-state index is 4.55. The molecule has 3 rings (SSSR count). The van der Waals surface area contributed by atoms with Crippen molar-refractivity contribution >= 4 is 33.4 Å². The number of nitrogens with zero attached hydrogens (tertiary/aromatic N) is 2. The Morgan fingerprint density at radius 3 is 2.46 bits per heavy atom. The van der Waals surface area contributed by atoms with Crippen LogP contribution in [-0.4, -0.2) is 9.97 Å². The minimum absolute atomic E-state index is 0.616. The van der Waals surface area contributed by atoms with E-state index in [9.17, 15) is 0 Å². The molecule has 0 aliphatic heterocycles. The fourth-order valence-corrected chi connectivity index (χ4v) is 2.68. The van der Waals surface area contributed by atoms with Crippen LogP contribution in [0.15, 0.2) is 59.1 Å². The molecule has 1 aromatic heterocycles. The van der Waals surface area contributed by atoms with Crippen molar-refractivity contribution in [2.24, 2.45) is 0 Å². The third-order valence-electron chi connectivity index (χ3n) is 3.56. The van der Waals surface area contributed by atoms with Crippen LogP contribution in [0.1, 0.15) is 16.8 Å². The van der Waals surface area contributed by atoms with Crippen molar-refractivity contribution in [1.82, 2.24) is 9.97 Å². The molecule has 3 aromatic rings. The third kappa shape index (κ3) is 4.32. The average molecular weight is 383 g/mol. The van der Waals surface area contributed by atoms with Crippen molar-refractivity contribution in [3.63, 3.8) is 0 Å². The summed E-state index contributed by atoms with van der Waals surface area (Å²) in [6.07, 6.45) is 0. The molecule has 0 saturated carbocycles. The van der Waals surface area contributed by atoms with E-state index in [1.807, 2.05) is 37.3 Å². The van der Waals surface area contributed by atoms with Gasteiger partial charge >= 0.3 is 0 Å². The Hall–Kier alpha value is -2.40. The van der Waals surface area contributed by atoms with Gasteiger partial charge in [0.05, 0.1) is 5.69 Å². The van der Waals surface area contributed by atoms with Crippen LogP contribution in [0.3, 0.4) is 0 Å². The zero-order valence-electron chi connectivity index (χ0n) is 13.7. The Kier molecular flexibility index (Phi) is 5.11.